The van der Waals surface area contributed by atoms with Crippen LogP contribution in [-0.4, -0.2) is 29.7 Å². The van der Waals surface area contributed by atoms with Crippen molar-refractivity contribution in [2.45, 2.75) is 25.8 Å². The minimum atomic E-state index is -0.390. The number of rotatable bonds is 3. The van der Waals surface area contributed by atoms with Crippen LogP contribution in [0.3, 0.4) is 0 Å². The van der Waals surface area contributed by atoms with Crippen molar-refractivity contribution >= 4 is 22.6 Å². The second-order valence-corrected chi connectivity index (χ2v) is 8.33. The average molecular weight is 445 g/mol. The van der Waals surface area contributed by atoms with Gasteiger partial charge in [-0.15, -0.1) is 0 Å². The van der Waals surface area contributed by atoms with Gasteiger partial charge in [0.15, 0.2) is 0 Å². The number of imidazole rings is 1. The smallest absolute Gasteiger partial charge is 0.132 e. The molecule has 0 spiro atoms. The van der Waals surface area contributed by atoms with E-state index in [2.05, 4.69) is 24.7 Å². The molecule has 5 aromatic rings. The van der Waals surface area contributed by atoms with Crippen LogP contribution in [0.1, 0.15) is 18.5 Å². The molecule has 0 atom stereocenters. The highest BCUT2D eigenvalue weighted by Gasteiger charge is 2.18. The van der Waals surface area contributed by atoms with Gasteiger partial charge in [0, 0.05) is 40.1 Å². The van der Waals surface area contributed by atoms with E-state index in [0.717, 1.165) is 41.5 Å². The number of hydrogen-bond acceptors (Lipinski definition) is 4. The van der Waals surface area contributed by atoms with E-state index in [1.54, 1.807) is 6.07 Å². The number of fused-ring (bicyclic) bond motifs is 2. The summed E-state index contributed by atoms with van der Waals surface area (Å²) in [6.07, 6.45) is 8.68. The summed E-state index contributed by atoms with van der Waals surface area (Å²) in [5, 5.41) is 4.99. The number of benzene rings is 1. The van der Waals surface area contributed by atoms with Gasteiger partial charge in [0.05, 0.1) is 34.9 Å². The molecule has 6 nitrogen and oxygen atoms in total. The Morgan fingerprint density at radius 1 is 0.969 bits per heavy atom. The molecule has 1 aliphatic heterocycles. The van der Waals surface area contributed by atoms with Gasteiger partial charge in [0.1, 0.15) is 11.5 Å². The lowest BCUT2D eigenvalue weighted by atomic mass is 10.0. The molecule has 0 unspecified atom stereocenters. The summed E-state index contributed by atoms with van der Waals surface area (Å²) in [6.45, 7) is 0.960. The second kappa shape index (κ2) is 7.53. The minimum Gasteiger partial charge on any atom is -0.343 e. The standard InChI is InChI=1S/C24H18ClFN6/c25-15-4-5-18(26)16(10-15)23-24(29-13-28-23)20-7-6-19-21(31-20)9-14(11-27-19)17-12-30-32-8-2-1-3-22(17)32/h4-7,9-13H,1-3,8H2,(H,28,29). The number of H-pyrrole nitrogens is 1. The van der Waals surface area contributed by atoms with Crippen LogP contribution in [-0.2, 0) is 13.0 Å². The zero-order valence-corrected chi connectivity index (χ0v) is 17.8. The highest BCUT2D eigenvalue weighted by molar-refractivity contribution is 6.30. The fraction of sp³-hybridized carbons (Fsp3) is 0.167. The van der Waals surface area contributed by atoms with Gasteiger partial charge < -0.3 is 4.98 Å². The summed E-state index contributed by atoms with van der Waals surface area (Å²) in [5.41, 5.74) is 6.96. The van der Waals surface area contributed by atoms with Gasteiger partial charge in [-0.2, -0.15) is 5.10 Å². The molecule has 4 aromatic heterocycles. The summed E-state index contributed by atoms with van der Waals surface area (Å²) >= 11 is 6.09. The molecular weight excluding hydrogens is 427 g/mol. The molecule has 158 valence electrons. The molecule has 0 saturated heterocycles. The van der Waals surface area contributed by atoms with Crippen molar-refractivity contribution in [1.82, 2.24) is 29.7 Å². The van der Waals surface area contributed by atoms with Gasteiger partial charge in [-0.25, -0.2) is 14.4 Å². The highest BCUT2D eigenvalue weighted by Crippen LogP contribution is 2.33. The second-order valence-electron chi connectivity index (χ2n) is 7.89. The monoisotopic (exact) mass is 444 g/mol. The molecule has 32 heavy (non-hydrogen) atoms. The molecule has 0 radical (unpaired) electrons. The molecule has 1 N–H and O–H groups in total. The maximum Gasteiger partial charge on any atom is 0.132 e. The lowest BCUT2D eigenvalue weighted by Crippen LogP contribution is -2.11. The van der Waals surface area contributed by atoms with E-state index in [-0.39, 0.29) is 0 Å². The Morgan fingerprint density at radius 3 is 2.84 bits per heavy atom. The lowest BCUT2D eigenvalue weighted by molar-refractivity contribution is 0.487. The van der Waals surface area contributed by atoms with Crippen molar-refractivity contribution in [1.29, 1.82) is 0 Å². The van der Waals surface area contributed by atoms with Crippen molar-refractivity contribution in [3.8, 4) is 33.8 Å². The van der Waals surface area contributed by atoms with Gasteiger partial charge in [-0.3, -0.25) is 9.67 Å². The third-order valence-electron chi connectivity index (χ3n) is 5.91. The zero-order valence-electron chi connectivity index (χ0n) is 17.0. The van der Waals surface area contributed by atoms with E-state index in [4.69, 9.17) is 16.6 Å². The molecule has 6 rings (SSSR count). The van der Waals surface area contributed by atoms with Crippen LogP contribution in [0, 0.1) is 5.82 Å². The maximum absolute atomic E-state index is 14.5. The summed E-state index contributed by atoms with van der Waals surface area (Å²) in [4.78, 5) is 16.9. The summed E-state index contributed by atoms with van der Waals surface area (Å²) in [5.74, 6) is -0.390. The number of pyridine rings is 2. The molecule has 1 aliphatic rings. The fourth-order valence-electron chi connectivity index (χ4n) is 4.33. The topological polar surface area (TPSA) is 72.3 Å². The van der Waals surface area contributed by atoms with Crippen molar-refractivity contribution in [3.63, 3.8) is 0 Å². The first kappa shape index (κ1) is 19.1. The Kier molecular flexibility index (Phi) is 4.50. The van der Waals surface area contributed by atoms with Crippen molar-refractivity contribution in [2.24, 2.45) is 0 Å². The molecule has 0 saturated carbocycles. The number of aryl methyl sites for hydroxylation is 1. The number of nitrogens with zero attached hydrogens (tertiary/aromatic N) is 5. The number of nitrogens with one attached hydrogen (secondary N) is 1. The van der Waals surface area contributed by atoms with Crippen LogP contribution in [0.25, 0.3) is 44.8 Å². The molecular formula is C24H18ClFN6. The van der Waals surface area contributed by atoms with Crippen LogP contribution in [0.5, 0.6) is 0 Å². The Morgan fingerprint density at radius 2 is 1.91 bits per heavy atom. The fourth-order valence-corrected chi connectivity index (χ4v) is 4.50. The minimum absolute atomic E-state index is 0.328. The van der Waals surface area contributed by atoms with E-state index in [9.17, 15) is 4.39 Å². The quantitative estimate of drug-likeness (QED) is 0.388. The molecule has 0 fully saturated rings. The molecule has 0 aliphatic carbocycles. The van der Waals surface area contributed by atoms with E-state index < -0.39 is 5.82 Å². The first-order valence-electron chi connectivity index (χ1n) is 10.5. The Balaban J connectivity index is 1.45. The molecule has 0 bridgehead atoms. The number of halogens is 2. The van der Waals surface area contributed by atoms with Crippen LogP contribution in [0.2, 0.25) is 5.02 Å². The van der Waals surface area contributed by atoms with Crippen LogP contribution in [0.4, 0.5) is 4.39 Å². The van der Waals surface area contributed by atoms with E-state index in [1.165, 1.54) is 30.6 Å². The molecule has 0 amide bonds. The summed E-state index contributed by atoms with van der Waals surface area (Å²) in [7, 11) is 0. The summed E-state index contributed by atoms with van der Waals surface area (Å²) in [6, 6.07) is 10.2. The SMILES string of the molecule is Fc1ccc(Cl)cc1-c1nc[nH]c1-c1ccc2ncc(-c3cnn4c3CCCC4)cc2n1. The van der Waals surface area contributed by atoms with Crippen LogP contribution >= 0.6 is 11.6 Å². The maximum atomic E-state index is 14.5. The van der Waals surface area contributed by atoms with Gasteiger partial charge >= 0.3 is 0 Å². The Labute approximate surface area is 188 Å². The molecule has 5 heterocycles. The van der Waals surface area contributed by atoms with Crippen molar-refractivity contribution in [3.05, 3.63) is 71.7 Å². The lowest BCUT2D eigenvalue weighted by Gasteiger charge is -2.14. The van der Waals surface area contributed by atoms with Crippen LogP contribution < -0.4 is 0 Å². The third-order valence-corrected chi connectivity index (χ3v) is 6.14. The first-order chi connectivity index (χ1) is 15.7. The van der Waals surface area contributed by atoms with Gasteiger partial charge in [0.2, 0.25) is 0 Å². The highest BCUT2D eigenvalue weighted by atomic mass is 35.5. The molecule has 1 aromatic carbocycles. The Hall–Kier alpha value is -3.58. The number of aromatic amines is 1. The first-order valence-corrected chi connectivity index (χ1v) is 10.9. The zero-order chi connectivity index (χ0) is 21.7. The predicted octanol–water partition coefficient (Wildman–Crippen LogP) is 5.68. The largest absolute Gasteiger partial charge is 0.343 e. The summed E-state index contributed by atoms with van der Waals surface area (Å²) < 4.78 is 16.6. The number of hydrogen-bond donors (Lipinski definition) is 1. The van der Waals surface area contributed by atoms with Crippen LogP contribution in [0.15, 0.2) is 55.1 Å². The van der Waals surface area contributed by atoms with E-state index in [0.29, 0.717) is 27.7 Å². The average Bonchev–Trinajstić information content (AvgIpc) is 3.47. The predicted molar refractivity (Wildman–Crippen MR) is 122 cm³/mol. The molecule has 8 heteroatoms. The third kappa shape index (κ3) is 3.17. The number of aromatic nitrogens is 6. The van der Waals surface area contributed by atoms with Crippen molar-refractivity contribution in [2.75, 3.05) is 0 Å². The van der Waals surface area contributed by atoms with Gasteiger partial charge in [-0.05, 0) is 55.7 Å². The van der Waals surface area contributed by atoms with E-state index >= 15 is 0 Å². The van der Waals surface area contributed by atoms with E-state index in [1.807, 2.05) is 30.6 Å². The Bertz CT molecular complexity index is 1470. The normalized spacial score (nSPS) is 13.4. The van der Waals surface area contributed by atoms with Gasteiger partial charge in [-0.1, -0.05) is 11.6 Å². The van der Waals surface area contributed by atoms with Gasteiger partial charge in [0.25, 0.3) is 0 Å². The van der Waals surface area contributed by atoms with Crippen molar-refractivity contribution < 1.29 is 4.39 Å².